The number of rotatable bonds is 6. The number of fused-ring (bicyclic) bond motifs is 1. The minimum atomic E-state index is -0.420. The minimum Gasteiger partial charge on any atom is -0.484 e. The molecule has 30 heavy (non-hydrogen) atoms. The van der Waals surface area contributed by atoms with Crippen LogP contribution < -0.4 is 10.1 Å². The van der Waals surface area contributed by atoms with Crippen molar-refractivity contribution in [1.82, 2.24) is 20.2 Å². The van der Waals surface area contributed by atoms with Crippen LogP contribution >= 0.6 is 11.3 Å². The first-order valence-electron chi connectivity index (χ1n) is 9.54. The second-order valence-electron chi connectivity index (χ2n) is 7.13. The van der Waals surface area contributed by atoms with Gasteiger partial charge in [0.15, 0.2) is 6.61 Å². The van der Waals surface area contributed by atoms with Gasteiger partial charge in [-0.2, -0.15) is 0 Å². The first-order valence-corrected chi connectivity index (χ1v) is 10.4. The van der Waals surface area contributed by atoms with Crippen molar-refractivity contribution < 1.29 is 19.1 Å². The lowest BCUT2D eigenvalue weighted by atomic mass is 9.88. The number of hydrogen-bond acceptors (Lipinski definition) is 8. The van der Waals surface area contributed by atoms with E-state index in [1.54, 1.807) is 24.3 Å². The van der Waals surface area contributed by atoms with Crippen LogP contribution in [0.3, 0.4) is 0 Å². The van der Waals surface area contributed by atoms with Gasteiger partial charge in [0, 0.05) is 4.88 Å². The molecule has 4 rings (SSSR count). The summed E-state index contributed by atoms with van der Waals surface area (Å²) >= 11 is 1.45. The molecule has 0 saturated carbocycles. The number of ether oxygens (including phenoxy) is 2. The molecule has 1 aliphatic carbocycles. The van der Waals surface area contributed by atoms with Gasteiger partial charge in [-0.3, -0.25) is 4.79 Å². The molecule has 2 aromatic heterocycles. The third-order valence-electron chi connectivity index (χ3n) is 4.97. The summed E-state index contributed by atoms with van der Waals surface area (Å²) in [6, 6.07) is 7.03. The third-order valence-corrected chi connectivity index (χ3v) is 6.14. The van der Waals surface area contributed by atoms with E-state index in [9.17, 15) is 9.59 Å². The number of methoxy groups -OCH3 is 1. The zero-order valence-corrected chi connectivity index (χ0v) is 17.4. The first-order chi connectivity index (χ1) is 14.5. The SMILES string of the molecule is COC(=O)c1c(NC(=O)COc2ccc(-n3cnnn3)cc2)sc2c1CC[C@@H](C)C2. The van der Waals surface area contributed by atoms with E-state index in [-0.39, 0.29) is 12.5 Å². The highest BCUT2D eigenvalue weighted by atomic mass is 32.1. The van der Waals surface area contributed by atoms with Gasteiger partial charge in [-0.25, -0.2) is 9.48 Å². The maximum atomic E-state index is 12.5. The molecular weight excluding hydrogens is 406 g/mol. The van der Waals surface area contributed by atoms with Crippen LogP contribution in [0.5, 0.6) is 5.75 Å². The Morgan fingerprint density at radius 2 is 2.10 bits per heavy atom. The van der Waals surface area contributed by atoms with Crippen molar-refractivity contribution in [3.63, 3.8) is 0 Å². The fourth-order valence-electron chi connectivity index (χ4n) is 3.44. The number of thiophene rings is 1. The quantitative estimate of drug-likeness (QED) is 0.603. The molecule has 1 aliphatic rings. The Balaban J connectivity index is 1.42. The van der Waals surface area contributed by atoms with E-state index in [0.717, 1.165) is 35.4 Å². The second-order valence-corrected chi connectivity index (χ2v) is 8.24. The summed E-state index contributed by atoms with van der Waals surface area (Å²) in [4.78, 5) is 25.9. The lowest BCUT2D eigenvalue weighted by Crippen LogP contribution is -2.21. The van der Waals surface area contributed by atoms with E-state index in [1.807, 2.05) is 0 Å². The van der Waals surface area contributed by atoms with E-state index in [1.165, 1.54) is 29.5 Å². The zero-order chi connectivity index (χ0) is 21.1. The first kappa shape index (κ1) is 20.0. The van der Waals surface area contributed by atoms with Gasteiger partial charge in [0.1, 0.15) is 17.1 Å². The van der Waals surface area contributed by atoms with Crippen LogP contribution in [-0.2, 0) is 22.4 Å². The Labute approximate surface area is 177 Å². The molecule has 1 N–H and O–H groups in total. The van der Waals surface area contributed by atoms with Crippen molar-refractivity contribution in [3.05, 3.63) is 46.6 Å². The van der Waals surface area contributed by atoms with Gasteiger partial charge in [-0.1, -0.05) is 6.92 Å². The molecule has 1 atom stereocenters. The van der Waals surface area contributed by atoms with Gasteiger partial charge < -0.3 is 14.8 Å². The molecule has 1 amide bonds. The van der Waals surface area contributed by atoms with Crippen LogP contribution in [0.2, 0.25) is 0 Å². The highest BCUT2D eigenvalue weighted by molar-refractivity contribution is 7.17. The van der Waals surface area contributed by atoms with Crippen LogP contribution in [0.25, 0.3) is 5.69 Å². The van der Waals surface area contributed by atoms with Crippen LogP contribution in [-0.4, -0.2) is 45.8 Å². The lowest BCUT2D eigenvalue weighted by Gasteiger charge is -2.18. The molecule has 9 nitrogen and oxygen atoms in total. The number of benzene rings is 1. The number of aromatic nitrogens is 4. The van der Waals surface area contributed by atoms with E-state index < -0.39 is 5.97 Å². The molecule has 0 fully saturated rings. The molecule has 0 bridgehead atoms. The number of nitrogens with one attached hydrogen (secondary N) is 1. The Hall–Kier alpha value is -3.27. The largest absolute Gasteiger partial charge is 0.484 e. The van der Waals surface area contributed by atoms with Crippen LogP contribution in [0.4, 0.5) is 5.00 Å². The smallest absolute Gasteiger partial charge is 0.341 e. The summed E-state index contributed by atoms with van der Waals surface area (Å²) in [7, 11) is 1.35. The molecular formula is C20H21N5O4S. The van der Waals surface area contributed by atoms with E-state index >= 15 is 0 Å². The van der Waals surface area contributed by atoms with Crippen molar-refractivity contribution in [3.8, 4) is 11.4 Å². The topological polar surface area (TPSA) is 108 Å². The molecule has 0 unspecified atom stereocenters. The monoisotopic (exact) mass is 427 g/mol. The predicted molar refractivity (Wildman–Crippen MR) is 110 cm³/mol. The number of esters is 1. The lowest BCUT2D eigenvalue weighted by molar-refractivity contribution is -0.118. The van der Waals surface area contributed by atoms with Gasteiger partial charge in [0.2, 0.25) is 0 Å². The molecule has 0 saturated heterocycles. The average molecular weight is 427 g/mol. The molecule has 0 aliphatic heterocycles. The summed E-state index contributed by atoms with van der Waals surface area (Å²) in [5.74, 6) is 0.340. The molecule has 0 radical (unpaired) electrons. The maximum absolute atomic E-state index is 12.5. The van der Waals surface area contributed by atoms with Crippen molar-refractivity contribution in [2.24, 2.45) is 5.92 Å². The minimum absolute atomic E-state index is 0.177. The fourth-order valence-corrected chi connectivity index (χ4v) is 4.86. The summed E-state index contributed by atoms with van der Waals surface area (Å²) in [6.07, 6.45) is 4.23. The number of carbonyl (C=O) groups is 2. The number of anilines is 1. The van der Waals surface area contributed by atoms with Crippen LogP contribution in [0.15, 0.2) is 30.6 Å². The highest BCUT2D eigenvalue weighted by Crippen LogP contribution is 2.40. The molecule has 3 aromatic rings. The molecule has 156 valence electrons. The number of nitrogens with zero attached hydrogens (tertiary/aromatic N) is 4. The molecule has 10 heteroatoms. The Morgan fingerprint density at radius 3 is 2.80 bits per heavy atom. The molecule has 2 heterocycles. The summed E-state index contributed by atoms with van der Waals surface area (Å²) in [6.45, 7) is 2.01. The van der Waals surface area contributed by atoms with E-state index in [2.05, 4.69) is 27.8 Å². The van der Waals surface area contributed by atoms with Gasteiger partial charge in [-0.05, 0) is 65.4 Å². The summed E-state index contributed by atoms with van der Waals surface area (Å²) < 4.78 is 12.0. The number of carbonyl (C=O) groups excluding carboxylic acids is 2. The summed E-state index contributed by atoms with van der Waals surface area (Å²) in [5.41, 5.74) is 2.25. The van der Waals surface area contributed by atoms with Crippen molar-refractivity contribution in [2.75, 3.05) is 19.0 Å². The number of hydrogen-bond donors (Lipinski definition) is 1. The van der Waals surface area contributed by atoms with Crippen LogP contribution in [0, 0.1) is 5.92 Å². The van der Waals surface area contributed by atoms with Gasteiger partial charge in [0.25, 0.3) is 5.91 Å². The Bertz CT molecular complexity index is 1050. The normalized spacial score (nSPS) is 15.3. The van der Waals surface area contributed by atoms with E-state index in [4.69, 9.17) is 9.47 Å². The number of tetrazole rings is 1. The average Bonchev–Trinajstić information content (AvgIpc) is 3.40. The highest BCUT2D eigenvalue weighted by Gasteiger charge is 2.28. The second kappa shape index (κ2) is 8.62. The van der Waals surface area contributed by atoms with Gasteiger partial charge >= 0.3 is 5.97 Å². The van der Waals surface area contributed by atoms with Crippen molar-refractivity contribution in [2.45, 2.75) is 26.2 Å². The Kier molecular flexibility index (Phi) is 5.75. The third kappa shape index (κ3) is 4.18. The van der Waals surface area contributed by atoms with Crippen LogP contribution in [0.1, 0.15) is 34.1 Å². The Morgan fingerprint density at radius 1 is 1.30 bits per heavy atom. The van der Waals surface area contributed by atoms with Gasteiger partial charge in [-0.15, -0.1) is 16.4 Å². The van der Waals surface area contributed by atoms with Crippen molar-refractivity contribution in [1.29, 1.82) is 0 Å². The van der Waals surface area contributed by atoms with Gasteiger partial charge in [0.05, 0.1) is 18.4 Å². The predicted octanol–water partition coefficient (Wildman–Crippen LogP) is 2.65. The summed E-state index contributed by atoms with van der Waals surface area (Å²) in [5, 5.41) is 14.3. The fraction of sp³-hybridized carbons (Fsp3) is 0.350. The maximum Gasteiger partial charge on any atom is 0.341 e. The van der Waals surface area contributed by atoms with E-state index in [0.29, 0.717) is 22.2 Å². The standard InChI is InChI=1S/C20H21N5O4S/c1-12-3-8-15-16(9-12)30-19(18(15)20(27)28-2)22-17(26)10-29-14-6-4-13(5-7-14)25-11-21-23-24-25/h4-7,11-12H,3,8-10H2,1-2H3,(H,22,26)/t12-/m1/s1. The molecule has 0 spiro atoms. The zero-order valence-electron chi connectivity index (χ0n) is 16.6. The molecule has 1 aromatic carbocycles. The number of amides is 1. The van der Waals surface area contributed by atoms with Crippen molar-refractivity contribution >= 4 is 28.2 Å².